The first-order valence-corrected chi connectivity index (χ1v) is 39.2. The number of unbranched alkanes of at least 4 members (excludes halogenated alkanes) is 33. The third-order valence-corrected chi connectivity index (χ3v) is 18.0. The lowest BCUT2D eigenvalue weighted by Crippen LogP contribution is -2.30. The molecular formula is C70H136O17P2. The highest BCUT2D eigenvalue weighted by Crippen LogP contribution is 2.45. The molecule has 89 heavy (non-hydrogen) atoms. The second kappa shape index (κ2) is 59.8. The number of phosphoric acid groups is 2. The van der Waals surface area contributed by atoms with Crippen LogP contribution in [-0.2, 0) is 65.4 Å². The summed E-state index contributed by atoms with van der Waals surface area (Å²) in [5.41, 5.74) is 0. The van der Waals surface area contributed by atoms with Gasteiger partial charge in [-0.05, 0) is 49.4 Å². The standard InChI is InChI=1S/C70H136O17P2/c1-60(2)46-38-30-22-17-13-9-11-15-19-25-34-42-50-67(72)80-57-66(87-70(75)53-45-37-29-28-33-41-49-63(7)8)59-85-89(78,79)83-55-64(71)54-82-88(76,77)84-58-65(56-81-68(73)51-43-35-27-21-24-32-40-48-62(5)6)86-69(74)52-44-36-26-20-16-12-10-14-18-23-31-39-47-61(3)4/h60-66,71H,9-59H2,1-8H3,(H,76,77)(H,78,79)/t64?,65-,66-/m1/s1. The molecule has 528 valence electrons. The van der Waals surface area contributed by atoms with E-state index in [1.54, 1.807) is 0 Å². The van der Waals surface area contributed by atoms with Gasteiger partial charge in [-0.3, -0.25) is 37.3 Å². The summed E-state index contributed by atoms with van der Waals surface area (Å²) in [6, 6.07) is 0. The molecule has 0 fully saturated rings. The van der Waals surface area contributed by atoms with Crippen molar-refractivity contribution < 1.29 is 80.2 Å². The van der Waals surface area contributed by atoms with Crippen molar-refractivity contribution in [3.63, 3.8) is 0 Å². The highest BCUT2D eigenvalue weighted by atomic mass is 31.2. The van der Waals surface area contributed by atoms with E-state index in [9.17, 15) is 43.2 Å². The molecule has 0 aliphatic rings. The van der Waals surface area contributed by atoms with Crippen LogP contribution in [0.4, 0.5) is 0 Å². The Morgan fingerprint density at radius 2 is 0.472 bits per heavy atom. The van der Waals surface area contributed by atoms with Crippen molar-refractivity contribution in [1.82, 2.24) is 0 Å². The number of aliphatic hydroxyl groups is 1. The van der Waals surface area contributed by atoms with Gasteiger partial charge in [0.1, 0.15) is 19.3 Å². The lowest BCUT2D eigenvalue weighted by atomic mass is 10.0. The van der Waals surface area contributed by atoms with E-state index >= 15 is 0 Å². The molecule has 0 aromatic rings. The maximum atomic E-state index is 13.0. The monoisotopic (exact) mass is 1310 g/mol. The third kappa shape index (κ3) is 64.6. The molecule has 0 bridgehead atoms. The molecule has 0 spiro atoms. The Morgan fingerprint density at radius 1 is 0.281 bits per heavy atom. The zero-order valence-electron chi connectivity index (χ0n) is 58.1. The summed E-state index contributed by atoms with van der Waals surface area (Å²) in [4.78, 5) is 72.5. The molecule has 19 heteroatoms. The van der Waals surface area contributed by atoms with Crippen LogP contribution in [0, 0.1) is 23.7 Å². The van der Waals surface area contributed by atoms with E-state index in [2.05, 4.69) is 55.4 Å². The van der Waals surface area contributed by atoms with Gasteiger partial charge >= 0.3 is 39.5 Å². The van der Waals surface area contributed by atoms with E-state index in [0.29, 0.717) is 37.5 Å². The molecule has 0 heterocycles. The van der Waals surface area contributed by atoms with E-state index < -0.39 is 97.5 Å². The van der Waals surface area contributed by atoms with Crippen LogP contribution in [0.2, 0.25) is 0 Å². The van der Waals surface area contributed by atoms with Gasteiger partial charge in [0.05, 0.1) is 26.4 Å². The normalized spacial score (nSPS) is 14.3. The van der Waals surface area contributed by atoms with Crippen molar-refractivity contribution in [2.45, 2.75) is 363 Å². The molecule has 0 aromatic carbocycles. The molecule has 0 aromatic heterocycles. The molecule has 0 saturated carbocycles. The van der Waals surface area contributed by atoms with E-state index in [4.69, 9.17) is 37.0 Å². The van der Waals surface area contributed by atoms with Crippen molar-refractivity contribution in [3.8, 4) is 0 Å². The van der Waals surface area contributed by atoms with Crippen LogP contribution < -0.4 is 0 Å². The molecule has 0 rings (SSSR count). The van der Waals surface area contributed by atoms with Crippen LogP contribution in [-0.4, -0.2) is 96.7 Å². The minimum atomic E-state index is -4.95. The minimum absolute atomic E-state index is 0.102. The van der Waals surface area contributed by atoms with Crippen molar-refractivity contribution >= 4 is 39.5 Å². The number of carbonyl (C=O) groups excluding carboxylic acids is 4. The first-order valence-electron chi connectivity index (χ1n) is 36.2. The van der Waals surface area contributed by atoms with Gasteiger partial charge in [0.15, 0.2) is 12.2 Å². The molecular weight excluding hydrogens is 1170 g/mol. The van der Waals surface area contributed by atoms with Gasteiger partial charge in [-0.1, -0.05) is 293 Å². The number of aliphatic hydroxyl groups excluding tert-OH is 1. The largest absolute Gasteiger partial charge is 0.472 e. The van der Waals surface area contributed by atoms with Crippen LogP contribution in [0.15, 0.2) is 0 Å². The maximum absolute atomic E-state index is 13.0. The molecule has 17 nitrogen and oxygen atoms in total. The second-order valence-electron chi connectivity index (χ2n) is 27.2. The Kier molecular flexibility index (Phi) is 58.5. The van der Waals surface area contributed by atoms with Crippen molar-refractivity contribution in [1.29, 1.82) is 0 Å². The number of ether oxygens (including phenoxy) is 4. The molecule has 3 N–H and O–H groups in total. The number of carbonyl (C=O) groups is 4. The zero-order valence-corrected chi connectivity index (χ0v) is 59.8. The molecule has 0 saturated heterocycles. The van der Waals surface area contributed by atoms with Crippen molar-refractivity contribution in [3.05, 3.63) is 0 Å². The Labute approximate surface area is 543 Å². The lowest BCUT2D eigenvalue weighted by Gasteiger charge is -2.21. The fourth-order valence-electron chi connectivity index (χ4n) is 10.5. The fourth-order valence-corrected chi connectivity index (χ4v) is 12.1. The molecule has 0 amide bonds. The van der Waals surface area contributed by atoms with Gasteiger partial charge in [0, 0.05) is 25.7 Å². The highest BCUT2D eigenvalue weighted by Gasteiger charge is 2.30. The van der Waals surface area contributed by atoms with E-state index in [-0.39, 0.29) is 25.7 Å². The SMILES string of the molecule is CC(C)CCCCCCCCCCCCCCC(=O)OC[C@H](COP(=O)(O)OCC(O)COP(=O)(O)OC[C@@H](COC(=O)CCCCCCCCCC(C)C)OC(=O)CCCCCCCCCCCCCCC(C)C)OC(=O)CCCCCCCCC(C)C. The average Bonchev–Trinajstić information content (AvgIpc) is 3.54. The van der Waals surface area contributed by atoms with Gasteiger partial charge in [-0.15, -0.1) is 0 Å². The van der Waals surface area contributed by atoms with Crippen molar-refractivity contribution in [2.24, 2.45) is 23.7 Å². The summed E-state index contributed by atoms with van der Waals surface area (Å²) in [5.74, 6) is 0.799. The Bertz CT molecular complexity index is 1760. The number of phosphoric ester groups is 2. The Morgan fingerprint density at radius 3 is 0.697 bits per heavy atom. The first-order chi connectivity index (χ1) is 42.6. The number of hydrogen-bond donors (Lipinski definition) is 3. The zero-order chi connectivity index (χ0) is 66.1. The first kappa shape index (κ1) is 87.1. The smallest absolute Gasteiger partial charge is 0.462 e. The minimum Gasteiger partial charge on any atom is -0.462 e. The number of hydrogen-bond acceptors (Lipinski definition) is 15. The van der Waals surface area contributed by atoms with Gasteiger partial charge in [0.25, 0.3) is 0 Å². The molecule has 0 radical (unpaired) electrons. The van der Waals surface area contributed by atoms with E-state index in [1.165, 1.54) is 141 Å². The van der Waals surface area contributed by atoms with Gasteiger partial charge in [0.2, 0.25) is 0 Å². The summed E-state index contributed by atoms with van der Waals surface area (Å²) in [5, 5.41) is 10.6. The summed E-state index contributed by atoms with van der Waals surface area (Å²) in [6.07, 6.45) is 41.9. The third-order valence-electron chi connectivity index (χ3n) is 16.1. The van der Waals surface area contributed by atoms with Crippen LogP contribution in [0.25, 0.3) is 0 Å². The van der Waals surface area contributed by atoms with Gasteiger partial charge < -0.3 is 33.8 Å². The lowest BCUT2D eigenvalue weighted by molar-refractivity contribution is -0.161. The van der Waals surface area contributed by atoms with Crippen LogP contribution in [0.1, 0.15) is 344 Å². The topological polar surface area (TPSA) is 237 Å². The number of rotatable bonds is 67. The van der Waals surface area contributed by atoms with Crippen LogP contribution >= 0.6 is 15.6 Å². The molecule has 5 atom stereocenters. The van der Waals surface area contributed by atoms with E-state index in [0.717, 1.165) is 108 Å². The Balaban J connectivity index is 5.21. The number of esters is 4. The summed E-state index contributed by atoms with van der Waals surface area (Å²) < 4.78 is 68.2. The molecule has 0 aliphatic carbocycles. The molecule has 3 unspecified atom stereocenters. The van der Waals surface area contributed by atoms with Crippen LogP contribution in [0.3, 0.4) is 0 Å². The quantitative estimate of drug-likeness (QED) is 0.0222. The summed E-state index contributed by atoms with van der Waals surface area (Å²) in [7, 11) is -9.90. The summed E-state index contributed by atoms with van der Waals surface area (Å²) >= 11 is 0. The second-order valence-corrected chi connectivity index (χ2v) is 30.1. The highest BCUT2D eigenvalue weighted by molar-refractivity contribution is 7.47. The van der Waals surface area contributed by atoms with E-state index in [1.807, 2.05) is 0 Å². The fraction of sp³-hybridized carbons (Fsp3) is 0.943. The van der Waals surface area contributed by atoms with Crippen molar-refractivity contribution in [2.75, 3.05) is 39.6 Å². The summed E-state index contributed by atoms with van der Waals surface area (Å²) in [6.45, 7) is 14.0. The Hall–Kier alpha value is -1.94. The maximum Gasteiger partial charge on any atom is 0.472 e. The van der Waals surface area contributed by atoms with Gasteiger partial charge in [-0.25, -0.2) is 9.13 Å². The average molecular weight is 1310 g/mol. The predicted molar refractivity (Wildman–Crippen MR) is 358 cm³/mol. The molecule has 0 aliphatic heterocycles. The predicted octanol–water partition coefficient (Wildman–Crippen LogP) is 19.7. The van der Waals surface area contributed by atoms with Gasteiger partial charge in [-0.2, -0.15) is 0 Å². The van der Waals surface area contributed by atoms with Crippen LogP contribution in [0.5, 0.6) is 0 Å².